The second-order valence-electron chi connectivity index (χ2n) is 4.59. The molecule has 8 heteroatoms. The Hall–Kier alpha value is -1.51. The van der Waals surface area contributed by atoms with Crippen LogP contribution in [-0.2, 0) is 14.8 Å². The molecule has 2 rings (SSSR count). The van der Waals surface area contributed by atoms with Gasteiger partial charge in [0.25, 0.3) is 0 Å². The molecule has 0 bridgehead atoms. The first-order valence-corrected chi connectivity index (χ1v) is 7.96. The van der Waals surface area contributed by atoms with Gasteiger partial charge in [0, 0.05) is 37.9 Å². The standard InChI is InChI=1S/C12H18N4O3S/c17-12(16-10-3-6-14-8-10)4-7-15-20(18,19)11-2-1-5-13-9-11/h1-2,5,9-10,14-15H,3-4,6-8H2,(H,16,17). The zero-order valence-electron chi connectivity index (χ0n) is 11.0. The average molecular weight is 298 g/mol. The number of sulfonamides is 1. The first-order valence-electron chi connectivity index (χ1n) is 6.48. The van der Waals surface area contributed by atoms with Crippen molar-refractivity contribution in [2.75, 3.05) is 19.6 Å². The molecule has 1 amide bonds. The van der Waals surface area contributed by atoms with Crippen LogP contribution in [0.2, 0.25) is 0 Å². The molecule has 1 aliphatic heterocycles. The van der Waals surface area contributed by atoms with Crippen LogP contribution >= 0.6 is 0 Å². The van der Waals surface area contributed by atoms with Crippen LogP contribution in [0.5, 0.6) is 0 Å². The molecule has 1 aliphatic rings. The van der Waals surface area contributed by atoms with Gasteiger partial charge in [0.1, 0.15) is 4.90 Å². The van der Waals surface area contributed by atoms with E-state index in [0.717, 1.165) is 19.5 Å². The second-order valence-corrected chi connectivity index (χ2v) is 6.36. The number of hydrogen-bond acceptors (Lipinski definition) is 5. The number of amides is 1. The maximum absolute atomic E-state index is 11.9. The van der Waals surface area contributed by atoms with Crippen molar-refractivity contribution in [2.45, 2.75) is 23.8 Å². The van der Waals surface area contributed by atoms with Crippen molar-refractivity contribution in [1.82, 2.24) is 20.3 Å². The zero-order chi connectivity index (χ0) is 14.4. The summed E-state index contributed by atoms with van der Waals surface area (Å²) in [6, 6.07) is 3.16. The summed E-state index contributed by atoms with van der Waals surface area (Å²) < 4.78 is 26.1. The molecule has 0 aromatic carbocycles. The molecule has 1 fully saturated rings. The summed E-state index contributed by atoms with van der Waals surface area (Å²) >= 11 is 0. The number of carbonyl (C=O) groups is 1. The van der Waals surface area contributed by atoms with Crippen LogP contribution in [0.4, 0.5) is 0 Å². The largest absolute Gasteiger partial charge is 0.352 e. The van der Waals surface area contributed by atoms with Gasteiger partial charge in [-0.15, -0.1) is 0 Å². The lowest BCUT2D eigenvalue weighted by molar-refractivity contribution is -0.121. The van der Waals surface area contributed by atoms with Gasteiger partial charge in [0.15, 0.2) is 0 Å². The number of rotatable bonds is 6. The van der Waals surface area contributed by atoms with E-state index in [0.29, 0.717) is 0 Å². The molecule has 20 heavy (non-hydrogen) atoms. The zero-order valence-corrected chi connectivity index (χ0v) is 11.8. The fourth-order valence-electron chi connectivity index (χ4n) is 1.97. The summed E-state index contributed by atoms with van der Waals surface area (Å²) in [5, 5.41) is 6.00. The lowest BCUT2D eigenvalue weighted by atomic mass is 10.2. The van der Waals surface area contributed by atoms with Gasteiger partial charge in [-0.1, -0.05) is 0 Å². The molecule has 3 N–H and O–H groups in total. The molecule has 2 heterocycles. The Morgan fingerprint density at radius 1 is 1.50 bits per heavy atom. The van der Waals surface area contributed by atoms with Crippen LogP contribution in [0, 0.1) is 0 Å². The van der Waals surface area contributed by atoms with Crippen molar-refractivity contribution in [3.8, 4) is 0 Å². The Kier molecular flexibility index (Phi) is 5.05. The highest BCUT2D eigenvalue weighted by Gasteiger charge is 2.17. The summed E-state index contributed by atoms with van der Waals surface area (Å²) in [5.74, 6) is -0.146. The Morgan fingerprint density at radius 3 is 3.00 bits per heavy atom. The van der Waals surface area contributed by atoms with Gasteiger partial charge in [0.2, 0.25) is 15.9 Å². The molecule has 0 spiro atoms. The molecule has 0 radical (unpaired) electrons. The van der Waals surface area contributed by atoms with Crippen LogP contribution in [0.25, 0.3) is 0 Å². The maximum Gasteiger partial charge on any atom is 0.242 e. The molecule has 1 atom stereocenters. The lowest BCUT2D eigenvalue weighted by Crippen LogP contribution is -2.38. The Balaban J connectivity index is 1.76. The summed E-state index contributed by atoms with van der Waals surface area (Å²) in [6.45, 7) is 1.74. The average Bonchev–Trinajstić information content (AvgIpc) is 2.92. The van der Waals surface area contributed by atoms with Crippen molar-refractivity contribution in [3.05, 3.63) is 24.5 Å². The summed E-state index contributed by atoms with van der Waals surface area (Å²) in [7, 11) is -3.59. The van der Waals surface area contributed by atoms with E-state index in [2.05, 4.69) is 20.3 Å². The van der Waals surface area contributed by atoms with Crippen LogP contribution < -0.4 is 15.4 Å². The van der Waals surface area contributed by atoms with Crippen molar-refractivity contribution >= 4 is 15.9 Å². The molecule has 0 saturated carbocycles. The van der Waals surface area contributed by atoms with E-state index >= 15 is 0 Å². The smallest absolute Gasteiger partial charge is 0.242 e. The number of nitrogens with one attached hydrogen (secondary N) is 3. The minimum atomic E-state index is -3.59. The van der Waals surface area contributed by atoms with Gasteiger partial charge in [-0.3, -0.25) is 9.78 Å². The predicted octanol–water partition coefficient (Wildman–Crippen LogP) is -0.772. The third-order valence-electron chi connectivity index (χ3n) is 3.01. The molecular weight excluding hydrogens is 280 g/mol. The Morgan fingerprint density at radius 2 is 2.35 bits per heavy atom. The van der Waals surface area contributed by atoms with Crippen molar-refractivity contribution in [3.63, 3.8) is 0 Å². The summed E-state index contributed by atoms with van der Waals surface area (Å²) in [5.41, 5.74) is 0. The van der Waals surface area contributed by atoms with Crippen LogP contribution in [0.1, 0.15) is 12.8 Å². The predicted molar refractivity (Wildman–Crippen MR) is 73.5 cm³/mol. The fourth-order valence-corrected chi connectivity index (χ4v) is 2.96. The minimum absolute atomic E-state index is 0.0726. The van der Waals surface area contributed by atoms with Crippen LogP contribution in [0.15, 0.2) is 29.4 Å². The number of hydrogen-bond donors (Lipinski definition) is 3. The minimum Gasteiger partial charge on any atom is -0.352 e. The monoisotopic (exact) mass is 298 g/mol. The Labute approximate surface area is 118 Å². The van der Waals surface area contributed by atoms with Gasteiger partial charge in [0.05, 0.1) is 0 Å². The first-order chi connectivity index (χ1) is 9.58. The molecule has 110 valence electrons. The molecule has 0 aliphatic carbocycles. The van der Waals surface area contributed by atoms with Gasteiger partial charge < -0.3 is 10.6 Å². The molecule has 1 aromatic heterocycles. The number of aromatic nitrogens is 1. The summed E-state index contributed by atoms with van der Waals surface area (Å²) in [4.78, 5) is 15.5. The van der Waals surface area contributed by atoms with E-state index in [1.807, 2.05) is 0 Å². The SMILES string of the molecule is O=C(CCNS(=O)(=O)c1cccnc1)NC1CCNC1. The van der Waals surface area contributed by atoms with Gasteiger partial charge >= 0.3 is 0 Å². The van der Waals surface area contributed by atoms with E-state index in [1.165, 1.54) is 18.5 Å². The van der Waals surface area contributed by atoms with Gasteiger partial charge in [-0.2, -0.15) is 0 Å². The topological polar surface area (TPSA) is 100 Å². The third-order valence-corrected chi connectivity index (χ3v) is 4.46. The first kappa shape index (κ1) is 14.9. The van der Waals surface area contributed by atoms with E-state index < -0.39 is 10.0 Å². The van der Waals surface area contributed by atoms with Crippen LogP contribution in [-0.4, -0.2) is 45.0 Å². The van der Waals surface area contributed by atoms with Crippen molar-refractivity contribution < 1.29 is 13.2 Å². The quantitative estimate of drug-likeness (QED) is 0.640. The molecule has 7 nitrogen and oxygen atoms in total. The normalized spacial score (nSPS) is 18.9. The molecule has 1 saturated heterocycles. The van der Waals surface area contributed by atoms with E-state index in [4.69, 9.17) is 0 Å². The maximum atomic E-state index is 11.9. The van der Waals surface area contributed by atoms with Gasteiger partial charge in [-0.05, 0) is 25.1 Å². The Bertz CT molecular complexity index is 541. The third kappa shape index (κ3) is 4.26. The number of carbonyl (C=O) groups excluding carboxylic acids is 1. The molecular formula is C12H18N4O3S. The second kappa shape index (κ2) is 6.78. The summed E-state index contributed by atoms with van der Waals surface area (Å²) in [6.07, 6.45) is 3.80. The van der Waals surface area contributed by atoms with Crippen LogP contribution in [0.3, 0.4) is 0 Å². The van der Waals surface area contributed by atoms with E-state index in [-0.39, 0.29) is 29.8 Å². The molecule has 1 aromatic rings. The number of nitrogens with zero attached hydrogens (tertiary/aromatic N) is 1. The highest BCUT2D eigenvalue weighted by molar-refractivity contribution is 7.89. The van der Waals surface area contributed by atoms with Gasteiger partial charge in [-0.25, -0.2) is 13.1 Å². The van der Waals surface area contributed by atoms with Crippen molar-refractivity contribution in [2.24, 2.45) is 0 Å². The van der Waals surface area contributed by atoms with Crippen molar-refractivity contribution in [1.29, 1.82) is 0 Å². The van der Waals surface area contributed by atoms with E-state index in [1.54, 1.807) is 6.07 Å². The highest BCUT2D eigenvalue weighted by Crippen LogP contribution is 2.05. The van der Waals surface area contributed by atoms with E-state index in [9.17, 15) is 13.2 Å². The highest BCUT2D eigenvalue weighted by atomic mass is 32.2. The number of pyridine rings is 1. The lowest BCUT2D eigenvalue weighted by Gasteiger charge is -2.11. The molecule has 1 unspecified atom stereocenters. The fraction of sp³-hybridized carbons (Fsp3) is 0.500.